The highest BCUT2D eigenvalue weighted by Crippen LogP contribution is 2.31. The van der Waals surface area contributed by atoms with E-state index in [4.69, 9.17) is 0 Å². The van der Waals surface area contributed by atoms with Crippen molar-refractivity contribution < 1.29 is 14.2 Å². The highest BCUT2D eigenvalue weighted by Gasteiger charge is 2.06. The van der Waals surface area contributed by atoms with E-state index >= 15 is 0 Å². The first-order chi connectivity index (χ1) is 5.66. The van der Waals surface area contributed by atoms with E-state index in [1.54, 1.807) is 19.1 Å². The Hall–Kier alpha value is -1.25. The molecule has 1 rings (SSSR count). The van der Waals surface area contributed by atoms with Crippen LogP contribution in [0.3, 0.4) is 0 Å². The van der Waals surface area contributed by atoms with Gasteiger partial charge in [-0.2, -0.15) is 0 Å². The van der Waals surface area contributed by atoms with E-state index in [9.17, 15) is 9.50 Å². The monoisotopic (exact) mass is 170 g/mol. The maximum Gasteiger partial charge on any atom is 0.228 e. The summed E-state index contributed by atoms with van der Waals surface area (Å²) < 4.78 is 16.3. The minimum atomic E-state index is -0.921. The van der Waals surface area contributed by atoms with E-state index in [0.717, 1.165) is 11.1 Å². The minimum absolute atomic E-state index is 0.0210. The van der Waals surface area contributed by atoms with Gasteiger partial charge in [-0.25, -0.2) is 4.39 Å². The molecule has 0 radical (unpaired) electrons. The predicted molar refractivity (Wildman–Crippen MR) is 44.2 cm³/mol. The van der Waals surface area contributed by atoms with Crippen molar-refractivity contribution in [1.29, 1.82) is 0 Å². The molecular weight excluding hydrogens is 159 g/mol. The number of rotatable bonds is 2. The normalized spacial score (nSPS) is 9.92. The zero-order valence-corrected chi connectivity index (χ0v) is 7.10. The van der Waals surface area contributed by atoms with E-state index in [0.29, 0.717) is 0 Å². The number of hydrogen-bond acceptors (Lipinski definition) is 2. The first-order valence-corrected chi connectivity index (χ1v) is 3.64. The minimum Gasteiger partial charge on any atom is -0.504 e. The highest BCUT2D eigenvalue weighted by molar-refractivity contribution is 5.48. The number of hydrogen-bond donors (Lipinski definition) is 1. The second kappa shape index (κ2) is 3.43. The largest absolute Gasteiger partial charge is 0.504 e. The molecule has 0 fully saturated rings. The molecule has 3 heteroatoms. The SMILES string of the molecule is Cc1ccc(OCF)c(O)c1C. The molecule has 0 aliphatic carbocycles. The Morgan fingerprint density at radius 2 is 2.08 bits per heavy atom. The van der Waals surface area contributed by atoms with E-state index in [1.807, 2.05) is 6.92 Å². The van der Waals surface area contributed by atoms with Crippen molar-refractivity contribution >= 4 is 0 Å². The molecule has 0 spiro atoms. The van der Waals surface area contributed by atoms with Crippen molar-refractivity contribution in [3.63, 3.8) is 0 Å². The lowest BCUT2D eigenvalue weighted by molar-refractivity contribution is 0.185. The molecule has 0 aliphatic heterocycles. The topological polar surface area (TPSA) is 29.5 Å². The van der Waals surface area contributed by atoms with E-state index in [-0.39, 0.29) is 11.5 Å². The number of phenols is 1. The summed E-state index contributed by atoms with van der Waals surface area (Å²) >= 11 is 0. The fraction of sp³-hybridized carbons (Fsp3) is 0.333. The average molecular weight is 170 g/mol. The van der Waals surface area contributed by atoms with E-state index in [1.165, 1.54) is 0 Å². The summed E-state index contributed by atoms with van der Waals surface area (Å²) in [6.45, 7) is 2.71. The second-order valence-electron chi connectivity index (χ2n) is 2.61. The molecule has 12 heavy (non-hydrogen) atoms. The zero-order chi connectivity index (χ0) is 9.14. The van der Waals surface area contributed by atoms with Gasteiger partial charge in [-0.3, -0.25) is 0 Å². The van der Waals surface area contributed by atoms with Crippen LogP contribution >= 0.6 is 0 Å². The van der Waals surface area contributed by atoms with E-state index in [2.05, 4.69) is 4.74 Å². The maximum atomic E-state index is 11.8. The third-order valence-corrected chi connectivity index (χ3v) is 1.87. The number of aryl methyl sites for hydroxylation is 1. The van der Waals surface area contributed by atoms with Gasteiger partial charge in [0, 0.05) is 0 Å². The molecule has 0 saturated heterocycles. The van der Waals surface area contributed by atoms with Gasteiger partial charge in [0.05, 0.1) is 0 Å². The fourth-order valence-corrected chi connectivity index (χ4v) is 0.951. The fourth-order valence-electron chi connectivity index (χ4n) is 0.951. The van der Waals surface area contributed by atoms with Gasteiger partial charge in [0.25, 0.3) is 0 Å². The third-order valence-electron chi connectivity index (χ3n) is 1.87. The van der Waals surface area contributed by atoms with Gasteiger partial charge in [-0.1, -0.05) is 6.07 Å². The molecule has 66 valence electrons. The van der Waals surface area contributed by atoms with Gasteiger partial charge in [-0.15, -0.1) is 0 Å². The molecule has 0 atom stereocenters. The summed E-state index contributed by atoms with van der Waals surface area (Å²) in [5.74, 6) is 0.216. The number of alkyl halides is 1. The molecule has 1 aromatic rings. The standard InChI is InChI=1S/C9H11FO2/c1-6-3-4-8(12-5-10)9(11)7(6)2/h3-4,11H,5H2,1-2H3. The summed E-state index contributed by atoms with van der Waals surface area (Å²) in [6, 6.07) is 3.33. The van der Waals surface area contributed by atoms with Crippen molar-refractivity contribution in [2.24, 2.45) is 0 Å². The van der Waals surface area contributed by atoms with E-state index < -0.39 is 6.86 Å². The molecule has 1 aromatic carbocycles. The van der Waals surface area contributed by atoms with Crippen LogP contribution in [0.2, 0.25) is 0 Å². The lowest BCUT2D eigenvalue weighted by atomic mass is 10.1. The first kappa shape index (κ1) is 8.84. The molecule has 1 N–H and O–H groups in total. The van der Waals surface area contributed by atoms with Crippen LogP contribution in [0.4, 0.5) is 4.39 Å². The zero-order valence-electron chi connectivity index (χ0n) is 7.10. The molecule has 0 heterocycles. The lowest BCUT2D eigenvalue weighted by Gasteiger charge is -2.08. The van der Waals surface area contributed by atoms with Crippen LogP contribution in [0, 0.1) is 13.8 Å². The van der Waals surface area contributed by atoms with Crippen LogP contribution < -0.4 is 4.74 Å². The Morgan fingerprint density at radius 3 is 2.67 bits per heavy atom. The Labute approximate surface area is 70.6 Å². The average Bonchev–Trinajstić information content (AvgIpc) is 2.07. The Morgan fingerprint density at radius 1 is 1.42 bits per heavy atom. The molecule has 0 amide bonds. The summed E-state index contributed by atoms with van der Waals surface area (Å²) in [7, 11) is 0. The van der Waals surface area contributed by atoms with Gasteiger partial charge in [0.15, 0.2) is 11.5 Å². The predicted octanol–water partition coefficient (Wildman–Crippen LogP) is 2.31. The quantitative estimate of drug-likeness (QED) is 0.738. The number of benzene rings is 1. The van der Waals surface area contributed by atoms with Crippen LogP contribution in [-0.2, 0) is 0 Å². The number of phenolic OH excluding ortho intramolecular Hbond substituents is 1. The Balaban J connectivity index is 3.08. The van der Waals surface area contributed by atoms with Crippen LogP contribution in [0.25, 0.3) is 0 Å². The van der Waals surface area contributed by atoms with Crippen LogP contribution in [0.5, 0.6) is 11.5 Å². The summed E-state index contributed by atoms with van der Waals surface area (Å²) in [5.41, 5.74) is 1.68. The molecule has 0 saturated carbocycles. The molecule has 0 unspecified atom stereocenters. The van der Waals surface area contributed by atoms with Crippen molar-refractivity contribution in [1.82, 2.24) is 0 Å². The highest BCUT2D eigenvalue weighted by atomic mass is 19.1. The van der Waals surface area contributed by atoms with Gasteiger partial charge in [0.1, 0.15) is 0 Å². The summed E-state index contributed by atoms with van der Waals surface area (Å²) in [6.07, 6.45) is 0. The van der Waals surface area contributed by atoms with Gasteiger partial charge in [0.2, 0.25) is 6.86 Å². The smallest absolute Gasteiger partial charge is 0.228 e. The summed E-state index contributed by atoms with van der Waals surface area (Å²) in [4.78, 5) is 0. The molecule has 0 aromatic heterocycles. The maximum absolute atomic E-state index is 11.8. The first-order valence-electron chi connectivity index (χ1n) is 3.64. The summed E-state index contributed by atoms with van der Waals surface area (Å²) in [5, 5.41) is 9.42. The molecule has 0 aliphatic rings. The molecule has 2 nitrogen and oxygen atoms in total. The number of ether oxygens (including phenoxy) is 1. The van der Waals surface area contributed by atoms with Crippen LogP contribution in [0.15, 0.2) is 12.1 Å². The molecular formula is C9H11FO2. The van der Waals surface area contributed by atoms with Gasteiger partial charge < -0.3 is 9.84 Å². The van der Waals surface area contributed by atoms with Crippen LogP contribution in [0.1, 0.15) is 11.1 Å². The van der Waals surface area contributed by atoms with Crippen molar-refractivity contribution in [2.75, 3.05) is 6.86 Å². The Bertz CT molecular complexity index is 284. The Kier molecular flexibility index (Phi) is 2.53. The third kappa shape index (κ3) is 1.49. The van der Waals surface area contributed by atoms with Crippen molar-refractivity contribution in [3.8, 4) is 11.5 Å². The van der Waals surface area contributed by atoms with Crippen molar-refractivity contribution in [2.45, 2.75) is 13.8 Å². The van der Waals surface area contributed by atoms with Gasteiger partial charge >= 0.3 is 0 Å². The lowest BCUT2D eigenvalue weighted by Crippen LogP contribution is -1.92. The molecule has 0 bridgehead atoms. The number of aromatic hydroxyl groups is 1. The van der Waals surface area contributed by atoms with Gasteiger partial charge in [-0.05, 0) is 31.0 Å². The second-order valence-corrected chi connectivity index (χ2v) is 2.61. The number of halogens is 1. The van der Waals surface area contributed by atoms with Crippen LogP contribution in [-0.4, -0.2) is 12.0 Å². The van der Waals surface area contributed by atoms with Crippen molar-refractivity contribution in [3.05, 3.63) is 23.3 Å².